The molecule has 1 rings (SSSR count). The van der Waals surface area contributed by atoms with E-state index in [-0.39, 0.29) is 0 Å². The van der Waals surface area contributed by atoms with Gasteiger partial charge in [-0.25, -0.2) is 0 Å². The van der Waals surface area contributed by atoms with Gasteiger partial charge in [-0.15, -0.1) is 11.8 Å². The van der Waals surface area contributed by atoms with Crippen LogP contribution >= 0.6 is 11.8 Å². The molecule has 2 N–H and O–H groups in total. The van der Waals surface area contributed by atoms with Gasteiger partial charge < -0.3 is 15.4 Å². The summed E-state index contributed by atoms with van der Waals surface area (Å²) in [6.07, 6.45) is 2.09. The Hall–Kier alpha value is -0.710. The molecule has 0 aromatic heterocycles. The van der Waals surface area contributed by atoms with E-state index in [9.17, 15) is 0 Å². The van der Waals surface area contributed by atoms with Crippen molar-refractivity contribution < 1.29 is 4.74 Å². The van der Waals surface area contributed by atoms with E-state index in [1.54, 1.807) is 18.9 Å². The maximum atomic E-state index is 5.92. The molecule has 3 nitrogen and oxygen atoms in total. The van der Waals surface area contributed by atoms with Gasteiger partial charge in [0.25, 0.3) is 0 Å². The zero-order valence-corrected chi connectivity index (χ0v) is 12.6. The molecule has 0 unspecified atom stereocenters. The summed E-state index contributed by atoms with van der Waals surface area (Å²) in [5.74, 6) is 0. The van der Waals surface area contributed by atoms with Crippen molar-refractivity contribution >= 4 is 17.4 Å². The molecule has 0 fully saturated rings. The van der Waals surface area contributed by atoms with Crippen LogP contribution in [-0.4, -0.2) is 32.6 Å². The van der Waals surface area contributed by atoms with E-state index in [2.05, 4.69) is 43.2 Å². The number of methoxy groups -OCH3 is 1. The number of nitrogens with two attached hydrogens (primary N) is 1. The van der Waals surface area contributed by atoms with E-state index in [4.69, 9.17) is 10.5 Å². The van der Waals surface area contributed by atoms with Crippen molar-refractivity contribution in [2.24, 2.45) is 5.73 Å². The Morgan fingerprint density at radius 2 is 2.11 bits per heavy atom. The minimum Gasteiger partial charge on any atom is -0.383 e. The van der Waals surface area contributed by atoms with Crippen molar-refractivity contribution in [1.82, 2.24) is 0 Å². The monoisotopic (exact) mass is 268 g/mol. The predicted octanol–water partition coefficient (Wildman–Crippen LogP) is 2.73. The van der Waals surface area contributed by atoms with E-state index < -0.39 is 0 Å². The Labute approximate surface area is 115 Å². The molecule has 0 aliphatic carbocycles. The van der Waals surface area contributed by atoms with Crippen molar-refractivity contribution in [2.45, 2.75) is 31.3 Å². The van der Waals surface area contributed by atoms with Gasteiger partial charge in [0.1, 0.15) is 0 Å². The highest BCUT2D eigenvalue weighted by atomic mass is 32.2. The van der Waals surface area contributed by atoms with Crippen LogP contribution in [0.3, 0.4) is 0 Å². The summed E-state index contributed by atoms with van der Waals surface area (Å²) in [6.45, 7) is 6.58. The fraction of sp³-hybridized carbons (Fsp3) is 0.571. The fourth-order valence-corrected chi connectivity index (χ4v) is 2.71. The van der Waals surface area contributed by atoms with E-state index in [0.29, 0.717) is 12.6 Å². The molecule has 0 amide bonds. The van der Waals surface area contributed by atoms with Crippen LogP contribution in [0.15, 0.2) is 23.1 Å². The summed E-state index contributed by atoms with van der Waals surface area (Å²) in [4.78, 5) is 3.61. The first-order chi connectivity index (χ1) is 8.65. The molecule has 0 spiro atoms. The van der Waals surface area contributed by atoms with Gasteiger partial charge in [0.15, 0.2) is 0 Å². The molecule has 18 heavy (non-hydrogen) atoms. The molecular formula is C14H24N2OS. The Bertz CT molecular complexity index is 369. The number of benzene rings is 1. The lowest BCUT2D eigenvalue weighted by Gasteiger charge is -2.31. The zero-order valence-electron chi connectivity index (χ0n) is 11.8. The highest BCUT2D eigenvalue weighted by molar-refractivity contribution is 7.98. The second-order valence-corrected chi connectivity index (χ2v) is 5.29. The molecule has 0 heterocycles. The Balaban J connectivity index is 3.10. The van der Waals surface area contributed by atoms with Crippen LogP contribution in [0.1, 0.15) is 19.4 Å². The topological polar surface area (TPSA) is 38.5 Å². The van der Waals surface area contributed by atoms with E-state index in [1.165, 1.54) is 16.1 Å². The molecule has 0 aliphatic rings. The number of nitrogens with zero attached hydrogens (tertiary/aromatic N) is 1. The molecule has 0 saturated carbocycles. The summed E-state index contributed by atoms with van der Waals surface area (Å²) >= 11 is 1.75. The summed E-state index contributed by atoms with van der Waals surface area (Å²) in [7, 11) is 1.74. The van der Waals surface area contributed by atoms with Gasteiger partial charge in [0.2, 0.25) is 0 Å². The standard InChI is InChI=1S/C14H24N2OS/c1-11(2)16(8-9-17-3)13-6-5-7-14(18-4)12(13)10-15/h5-7,11H,8-10,15H2,1-4H3. The molecule has 4 heteroatoms. The SMILES string of the molecule is COCCN(c1cccc(SC)c1CN)C(C)C. The molecule has 1 aromatic rings. The minimum absolute atomic E-state index is 0.433. The third-order valence-corrected chi connectivity index (χ3v) is 3.82. The Morgan fingerprint density at radius 3 is 2.61 bits per heavy atom. The van der Waals surface area contributed by atoms with Crippen molar-refractivity contribution in [2.75, 3.05) is 31.4 Å². The predicted molar refractivity (Wildman–Crippen MR) is 80.5 cm³/mol. The summed E-state index contributed by atoms with van der Waals surface area (Å²) in [5, 5.41) is 0. The highest BCUT2D eigenvalue weighted by Gasteiger charge is 2.15. The molecule has 1 aromatic carbocycles. The zero-order chi connectivity index (χ0) is 13.5. The first kappa shape index (κ1) is 15.3. The van der Waals surface area contributed by atoms with Gasteiger partial charge in [0.05, 0.1) is 6.61 Å². The lowest BCUT2D eigenvalue weighted by atomic mass is 10.1. The van der Waals surface area contributed by atoms with Crippen molar-refractivity contribution in [1.29, 1.82) is 0 Å². The quantitative estimate of drug-likeness (QED) is 0.772. The molecule has 0 radical (unpaired) electrons. The average molecular weight is 268 g/mol. The number of hydrogen-bond acceptors (Lipinski definition) is 4. The summed E-state index contributed by atoms with van der Waals surface area (Å²) in [6, 6.07) is 6.81. The van der Waals surface area contributed by atoms with Crippen LogP contribution in [0.25, 0.3) is 0 Å². The number of hydrogen-bond donors (Lipinski definition) is 1. The number of ether oxygens (including phenoxy) is 1. The maximum Gasteiger partial charge on any atom is 0.0637 e. The maximum absolute atomic E-state index is 5.92. The highest BCUT2D eigenvalue weighted by Crippen LogP contribution is 2.30. The van der Waals surface area contributed by atoms with Crippen LogP contribution in [0.5, 0.6) is 0 Å². The van der Waals surface area contributed by atoms with Gasteiger partial charge in [-0.2, -0.15) is 0 Å². The normalized spacial score (nSPS) is 11.0. The molecule has 0 aliphatic heterocycles. The Morgan fingerprint density at radius 1 is 1.39 bits per heavy atom. The lowest BCUT2D eigenvalue weighted by Crippen LogP contribution is -2.34. The smallest absolute Gasteiger partial charge is 0.0637 e. The van der Waals surface area contributed by atoms with Crippen LogP contribution < -0.4 is 10.6 Å². The van der Waals surface area contributed by atoms with E-state index in [0.717, 1.165) is 13.2 Å². The largest absolute Gasteiger partial charge is 0.383 e. The summed E-state index contributed by atoms with van der Waals surface area (Å²) in [5.41, 5.74) is 8.39. The summed E-state index contributed by atoms with van der Waals surface area (Å²) < 4.78 is 5.20. The van der Waals surface area contributed by atoms with Crippen molar-refractivity contribution in [3.05, 3.63) is 23.8 Å². The van der Waals surface area contributed by atoms with Crippen molar-refractivity contribution in [3.8, 4) is 0 Å². The minimum atomic E-state index is 0.433. The second-order valence-electron chi connectivity index (χ2n) is 4.44. The van der Waals surface area contributed by atoms with E-state index in [1.807, 2.05) is 0 Å². The molecule has 0 atom stereocenters. The second kappa shape index (κ2) is 7.67. The number of anilines is 1. The first-order valence-electron chi connectivity index (χ1n) is 6.27. The average Bonchev–Trinajstić information content (AvgIpc) is 2.38. The fourth-order valence-electron chi connectivity index (χ4n) is 2.07. The van der Waals surface area contributed by atoms with Gasteiger partial charge >= 0.3 is 0 Å². The molecule has 0 bridgehead atoms. The van der Waals surface area contributed by atoms with Crippen LogP contribution in [-0.2, 0) is 11.3 Å². The molecule has 102 valence electrons. The van der Waals surface area contributed by atoms with Gasteiger partial charge in [-0.3, -0.25) is 0 Å². The van der Waals surface area contributed by atoms with Gasteiger partial charge in [0, 0.05) is 42.4 Å². The number of thioether (sulfide) groups is 1. The third-order valence-electron chi connectivity index (χ3n) is 3.00. The molecular weight excluding hydrogens is 244 g/mol. The van der Waals surface area contributed by atoms with Crippen LogP contribution in [0.2, 0.25) is 0 Å². The van der Waals surface area contributed by atoms with Gasteiger partial charge in [-0.05, 0) is 32.2 Å². The molecule has 0 saturated heterocycles. The van der Waals surface area contributed by atoms with Crippen LogP contribution in [0, 0.1) is 0 Å². The first-order valence-corrected chi connectivity index (χ1v) is 7.49. The van der Waals surface area contributed by atoms with Crippen molar-refractivity contribution in [3.63, 3.8) is 0 Å². The van der Waals surface area contributed by atoms with Gasteiger partial charge in [-0.1, -0.05) is 6.07 Å². The lowest BCUT2D eigenvalue weighted by molar-refractivity contribution is 0.203. The van der Waals surface area contributed by atoms with Crippen LogP contribution in [0.4, 0.5) is 5.69 Å². The Kier molecular flexibility index (Phi) is 6.54. The number of rotatable bonds is 7. The van der Waals surface area contributed by atoms with E-state index >= 15 is 0 Å². The third kappa shape index (κ3) is 3.64.